The van der Waals surface area contributed by atoms with Gasteiger partial charge in [-0.1, -0.05) is 19.9 Å². The molecule has 4 saturated carbocycles. The van der Waals surface area contributed by atoms with Crippen LogP contribution in [0.2, 0.25) is 0 Å². The molecule has 0 spiro atoms. The number of alkyl halides is 1. The zero-order chi connectivity index (χ0) is 20.2. The maximum atomic E-state index is 13.3. The molecule has 4 aliphatic rings. The average Bonchev–Trinajstić information content (AvgIpc) is 2.60. The molecule has 0 saturated heterocycles. The van der Waals surface area contributed by atoms with Crippen molar-refractivity contribution < 1.29 is 13.2 Å². The van der Waals surface area contributed by atoms with Crippen LogP contribution in [0, 0.1) is 17.3 Å². The Hall–Kier alpha value is -1.11. The van der Waals surface area contributed by atoms with E-state index in [2.05, 4.69) is 5.32 Å². The van der Waals surface area contributed by atoms with Gasteiger partial charge in [-0.15, -0.1) is 11.6 Å². The third-order valence-corrected chi connectivity index (χ3v) is 9.39. The second-order valence-corrected chi connectivity index (χ2v) is 11.7. The maximum Gasteiger partial charge on any atom is 0.243 e. The number of amides is 1. The van der Waals surface area contributed by atoms with Gasteiger partial charge in [0.2, 0.25) is 15.9 Å². The molecule has 7 heteroatoms. The maximum absolute atomic E-state index is 13.3. The summed E-state index contributed by atoms with van der Waals surface area (Å²) in [5.74, 6) is 1.08. The number of nitrogens with one attached hydrogen (secondary N) is 1. The molecule has 1 aromatic carbocycles. The van der Waals surface area contributed by atoms with Crippen molar-refractivity contribution in [2.75, 3.05) is 18.4 Å². The zero-order valence-electron chi connectivity index (χ0n) is 16.6. The molecular formula is C21H29ClN2O3S. The van der Waals surface area contributed by atoms with Gasteiger partial charge in [-0.2, -0.15) is 4.31 Å². The van der Waals surface area contributed by atoms with Gasteiger partial charge in [0.05, 0.1) is 10.3 Å². The summed E-state index contributed by atoms with van der Waals surface area (Å²) in [4.78, 5) is 13.3. The van der Waals surface area contributed by atoms with Crippen LogP contribution in [0.5, 0.6) is 0 Å². The summed E-state index contributed by atoms with van der Waals surface area (Å²) >= 11 is 6.85. The first-order valence-electron chi connectivity index (χ1n) is 10.3. The number of benzene rings is 1. The smallest absolute Gasteiger partial charge is 0.243 e. The number of sulfonamides is 1. The van der Waals surface area contributed by atoms with Crippen molar-refractivity contribution in [3.63, 3.8) is 0 Å². The van der Waals surface area contributed by atoms with Crippen LogP contribution in [0.15, 0.2) is 29.2 Å². The molecule has 1 amide bonds. The molecule has 4 fully saturated rings. The molecule has 0 aromatic heterocycles. The fraction of sp³-hybridized carbons (Fsp3) is 0.667. The topological polar surface area (TPSA) is 66.5 Å². The number of carbonyl (C=O) groups excluding carboxylic acids is 1. The van der Waals surface area contributed by atoms with Crippen LogP contribution in [0.1, 0.15) is 52.4 Å². The monoisotopic (exact) mass is 424 g/mol. The van der Waals surface area contributed by atoms with Gasteiger partial charge in [0.15, 0.2) is 0 Å². The van der Waals surface area contributed by atoms with E-state index in [1.54, 1.807) is 24.3 Å². The molecule has 1 N–H and O–H groups in total. The Bertz CT molecular complexity index is 867. The highest BCUT2D eigenvalue weighted by Crippen LogP contribution is 2.64. The molecule has 4 aliphatic carbocycles. The molecule has 5 nitrogen and oxygen atoms in total. The van der Waals surface area contributed by atoms with Crippen LogP contribution >= 0.6 is 11.6 Å². The number of halogens is 1. The van der Waals surface area contributed by atoms with Gasteiger partial charge in [0, 0.05) is 23.7 Å². The highest BCUT2D eigenvalue weighted by atomic mass is 35.5. The summed E-state index contributed by atoms with van der Waals surface area (Å²) < 4.78 is 27.0. The predicted octanol–water partition coefficient (Wildman–Crippen LogP) is 4.23. The molecule has 2 unspecified atom stereocenters. The first kappa shape index (κ1) is 20.2. The standard InChI is InChI=1S/C21H29ClN2O3S/c1-3-24(4-2)28(26,27)18-7-5-6-17(9-18)23-19(25)20-10-15-8-16(11-20)13-21(22,12-15)14-20/h5-7,9,15-16H,3-4,8,10-14H2,1-2H3,(H,23,25)/t15-,16+,20?,21?. The minimum Gasteiger partial charge on any atom is -0.326 e. The summed E-state index contributed by atoms with van der Waals surface area (Å²) in [5.41, 5.74) is 0.136. The molecule has 1 aromatic rings. The summed E-state index contributed by atoms with van der Waals surface area (Å²) in [6, 6.07) is 6.61. The number of hydrogen-bond acceptors (Lipinski definition) is 3. The van der Waals surface area contributed by atoms with Crippen molar-refractivity contribution >= 4 is 33.2 Å². The van der Waals surface area contributed by atoms with E-state index in [9.17, 15) is 13.2 Å². The zero-order valence-corrected chi connectivity index (χ0v) is 18.2. The van der Waals surface area contributed by atoms with Crippen LogP contribution in [0.4, 0.5) is 5.69 Å². The van der Waals surface area contributed by atoms with Crippen molar-refractivity contribution in [2.24, 2.45) is 17.3 Å². The second kappa shape index (κ2) is 6.99. The number of carbonyl (C=O) groups is 1. The minimum atomic E-state index is -3.55. The highest BCUT2D eigenvalue weighted by Gasteiger charge is 2.60. The first-order chi connectivity index (χ1) is 13.2. The van der Waals surface area contributed by atoms with E-state index in [4.69, 9.17) is 11.6 Å². The molecule has 4 bridgehead atoms. The third kappa shape index (κ3) is 3.37. The van der Waals surface area contributed by atoms with Gasteiger partial charge >= 0.3 is 0 Å². The van der Waals surface area contributed by atoms with E-state index in [0.29, 0.717) is 30.6 Å². The summed E-state index contributed by atoms with van der Waals surface area (Å²) in [6.07, 6.45) is 5.79. The molecule has 0 aliphatic heterocycles. The van der Waals surface area contributed by atoms with Gasteiger partial charge in [0.25, 0.3) is 0 Å². The van der Waals surface area contributed by atoms with Gasteiger partial charge in [-0.25, -0.2) is 8.42 Å². The lowest BCUT2D eigenvalue weighted by atomic mass is 9.49. The van der Waals surface area contributed by atoms with E-state index < -0.39 is 15.4 Å². The van der Waals surface area contributed by atoms with Crippen LogP contribution in [-0.4, -0.2) is 36.6 Å². The fourth-order valence-electron chi connectivity index (χ4n) is 6.13. The molecule has 28 heavy (non-hydrogen) atoms. The lowest BCUT2D eigenvalue weighted by Gasteiger charge is -2.59. The summed E-state index contributed by atoms with van der Waals surface area (Å²) in [7, 11) is -3.55. The van der Waals surface area contributed by atoms with E-state index in [-0.39, 0.29) is 15.7 Å². The minimum absolute atomic E-state index is 0.00371. The van der Waals surface area contributed by atoms with E-state index in [1.807, 2.05) is 13.8 Å². The van der Waals surface area contributed by atoms with Gasteiger partial charge < -0.3 is 5.32 Å². The molecule has 0 radical (unpaired) electrons. The van der Waals surface area contributed by atoms with Crippen molar-refractivity contribution in [1.82, 2.24) is 4.31 Å². The molecular weight excluding hydrogens is 396 g/mol. The SMILES string of the molecule is CCN(CC)S(=O)(=O)c1cccc(NC(=O)C23C[C@@H]4C[C@@H](CC(Cl)(C4)C2)C3)c1. The highest BCUT2D eigenvalue weighted by molar-refractivity contribution is 7.89. The summed E-state index contributed by atoms with van der Waals surface area (Å²) in [6.45, 7) is 4.47. The fourth-order valence-corrected chi connectivity index (χ4v) is 8.32. The Kier molecular flexibility index (Phi) is 5.04. The van der Waals surface area contributed by atoms with Gasteiger partial charge in [-0.3, -0.25) is 4.79 Å². The van der Waals surface area contributed by atoms with Crippen LogP contribution < -0.4 is 5.32 Å². The quantitative estimate of drug-likeness (QED) is 0.694. The van der Waals surface area contributed by atoms with Gasteiger partial charge in [-0.05, 0) is 68.6 Å². The molecule has 4 atom stereocenters. The van der Waals surface area contributed by atoms with E-state index in [1.165, 1.54) is 10.7 Å². The van der Waals surface area contributed by atoms with Crippen LogP contribution in [0.3, 0.4) is 0 Å². The third-order valence-electron chi connectivity index (χ3n) is 6.91. The summed E-state index contributed by atoms with van der Waals surface area (Å²) in [5, 5.41) is 3.02. The largest absolute Gasteiger partial charge is 0.326 e. The van der Waals surface area contributed by atoms with Crippen molar-refractivity contribution in [3.05, 3.63) is 24.3 Å². The average molecular weight is 425 g/mol. The molecule has 154 valence electrons. The van der Waals surface area contributed by atoms with E-state index in [0.717, 1.165) is 32.1 Å². The first-order valence-corrected chi connectivity index (χ1v) is 12.1. The molecule has 0 heterocycles. The van der Waals surface area contributed by atoms with Crippen molar-refractivity contribution in [3.8, 4) is 0 Å². The Labute approximate surface area is 172 Å². The number of anilines is 1. The number of rotatable bonds is 6. The van der Waals surface area contributed by atoms with Crippen molar-refractivity contribution in [1.29, 1.82) is 0 Å². The Morgan fingerprint density at radius 3 is 2.39 bits per heavy atom. The Balaban J connectivity index is 1.56. The normalized spacial score (nSPS) is 34.0. The second-order valence-electron chi connectivity index (χ2n) is 8.96. The van der Waals surface area contributed by atoms with Crippen LogP contribution in [-0.2, 0) is 14.8 Å². The van der Waals surface area contributed by atoms with Crippen LogP contribution in [0.25, 0.3) is 0 Å². The van der Waals surface area contributed by atoms with Gasteiger partial charge in [0.1, 0.15) is 0 Å². The lowest BCUT2D eigenvalue weighted by Crippen LogP contribution is -2.57. The van der Waals surface area contributed by atoms with Crippen molar-refractivity contribution in [2.45, 2.75) is 62.1 Å². The predicted molar refractivity (Wildman–Crippen MR) is 111 cm³/mol. The number of hydrogen-bond donors (Lipinski definition) is 1. The molecule has 5 rings (SSSR count). The Morgan fingerprint density at radius 2 is 1.82 bits per heavy atom. The lowest BCUT2D eigenvalue weighted by molar-refractivity contribution is -0.138. The number of nitrogens with zero attached hydrogens (tertiary/aromatic N) is 1. The Morgan fingerprint density at radius 1 is 1.18 bits per heavy atom. The van der Waals surface area contributed by atoms with E-state index >= 15 is 0 Å².